The fraction of sp³-hybridized carbons (Fsp3) is 0.929. The first-order valence-corrected chi connectivity index (χ1v) is 7.01. The second-order valence-corrected chi connectivity index (χ2v) is 6.02. The standard InChI is InChI=1S/C14H28N2O/c1-4-7-11(10-15)13(17)16-12-8-5-6-9-14(12,2)3/h11-12H,4-10,15H2,1-3H3,(H,16,17). The van der Waals surface area contributed by atoms with Gasteiger partial charge in [0.05, 0.1) is 5.92 Å². The maximum atomic E-state index is 12.1. The molecule has 1 fully saturated rings. The average molecular weight is 240 g/mol. The Balaban J connectivity index is 2.54. The molecule has 3 N–H and O–H groups in total. The molecule has 1 amide bonds. The number of nitrogens with two attached hydrogens (primary N) is 1. The van der Waals surface area contributed by atoms with Gasteiger partial charge < -0.3 is 11.1 Å². The Hall–Kier alpha value is -0.570. The van der Waals surface area contributed by atoms with Crippen LogP contribution < -0.4 is 11.1 Å². The number of hydrogen-bond donors (Lipinski definition) is 2. The summed E-state index contributed by atoms with van der Waals surface area (Å²) in [4.78, 5) is 12.1. The molecule has 0 aromatic heterocycles. The van der Waals surface area contributed by atoms with Crippen molar-refractivity contribution in [2.75, 3.05) is 6.54 Å². The maximum absolute atomic E-state index is 12.1. The predicted octanol–water partition coefficient (Wildman–Crippen LogP) is 2.45. The molecule has 2 unspecified atom stereocenters. The zero-order chi connectivity index (χ0) is 12.9. The van der Waals surface area contributed by atoms with E-state index in [2.05, 4.69) is 26.1 Å². The molecule has 17 heavy (non-hydrogen) atoms. The number of carbonyl (C=O) groups excluding carboxylic acids is 1. The molecule has 0 heterocycles. The van der Waals surface area contributed by atoms with Crippen molar-refractivity contribution in [3.05, 3.63) is 0 Å². The van der Waals surface area contributed by atoms with Crippen LogP contribution in [0.2, 0.25) is 0 Å². The molecule has 1 aliphatic carbocycles. The van der Waals surface area contributed by atoms with Gasteiger partial charge in [0.1, 0.15) is 0 Å². The lowest BCUT2D eigenvalue weighted by Crippen LogP contribution is -2.49. The zero-order valence-electron chi connectivity index (χ0n) is 11.6. The average Bonchev–Trinajstić information content (AvgIpc) is 2.28. The van der Waals surface area contributed by atoms with E-state index in [4.69, 9.17) is 5.73 Å². The van der Waals surface area contributed by atoms with Crippen LogP contribution in [-0.2, 0) is 4.79 Å². The quantitative estimate of drug-likeness (QED) is 0.775. The van der Waals surface area contributed by atoms with Crippen LogP contribution in [0.3, 0.4) is 0 Å². The molecule has 0 aromatic rings. The van der Waals surface area contributed by atoms with Crippen molar-refractivity contribution >= 4 is 5.91 Å². The molecular formula is C14H28N2O. The van der Waals surface area contributed by atoms with Gasteiger partial charge in [-0.3, -0.25) is 4.79 Å². The Morgan fingerprint density at radius 1 is 1.47 bits per heavy atom. The van der Waals surface area contributed by atoms with Crippen molar-refractivity contribution in [3.63, 3.8) is 0 Å². The van der Waals surface area contributed by atoms with E-state index in [1.165, 1.54) is 19.3 Å². The molecule has 0 aliphatic heterocycles. The second-order valence-electron chi connectivity index (χ2n) is 6.02. The van der Waals surface area contributed by atoms with E-state index < -0.39 is 0 Å². The fourth-order valence-electron chi connectivity index (χ4n) is 2.76. The summed E-state index contributed by atoms with van der Waals surface area (Å²) < 4.78 is 0. The van der Waals surface area contributed by atoms with Gasteiger partial charge in [-0.05, 0) is 24.7 Å². The van der Waals surface area contributed by atoms with Crippen LogP contribution in [0.25, 0.3) is 0 Å². The lowest BCUT2D eigenvalue weighted by molar-refractivity contribution is -0.126. The van der Waals surface area contributed by atoms with Crippen molar-refractivity contribution in [3.8, 4) is 0 Å². The van der Waals surface area contributed by atoms with Gasteiger partial charge in [0.2, 0.25) is 5.91 Å². The van der Waals surface area contributed by atoms with Crippen molar-refractivity contribution < 1.29 is 4.79 Å². The van der Waals surface area contributed by atoms with Crippen LogP contribution in [0.15, 0.2) is 0 Å². The third kappa shape index (κ3) is 3.98. The Bertz CT molecular complexity index is 251. The maximum Gasteiger partial charge on any atom is 0.224 e. The Labute approximate surface area is 106 Å². The molecular weight excluding hydrogens is 212 g/mol. The van der Waals surface area contributed by atoms with Gasteiger partial charge >= 0.3 is 0 Å². The lowest BCUT2D eigenvalue weighted by atomic mass is 9.73. The van der Waals surface area contributed by atoms with Crippen molar-refractivity contribution in [2.45, 2.75) is 65.3 Å². The summed E-state index contributed by atoms with van der Waals surface area (Å²) in [6.45, 7) is 7.08. The van der Waals surface area contributed by atoms with E-state index in [1.807, 2.05) is 0 Å². The summed E-state index contributed by atoms with van der Waals surface area (Å²) >= 11 is 0. The predicted molar refractivity (Wildman–Crippen MR) is 71.6 cm³/mol. The van der Waals surface area contributed by atoms with E-state index in [1.54, 1.807) is 0 Å². The summed E-state index contributed by atoms with van der Waals surface area (Å²) in [6, 6.07) is 0.328. The minimum atomic E-state index is -0.00211. The highest BCUT2D eigenvalue weighted by atomic mass is 16.2. The first-order chi connectivity index (χ1) is 8.01. The zero-order valence-corrected chi connectivity index (χ0v) is 11.6. The normalized spacial score (nSPS) is 25.3. The van der Waals surface area contributed by atoms with E-state index in [0.29, 0.717) is 12.6 Å². The molecule has 0 radical (unpaired) electrons. The minimum absolute atomic E-state index is 0.00211. The second kappa shape index (κ2) is 6.39. The SMILES string of the molecule is CCCC(CN)C(=O)NC1CCCCC1(C)C. The molecule has 100 valence electrons. The van der Waals surface area contributed by atoms with Crippen LogP contribution in [0.4, 0.5) is 0 Å². The molecule has 3 heteroatoms. The van der Waals surface area contributed by atoms with Crippen LogP contribution >= 0.6 is 0 Å². The van der Waals surface area contributed by atoms with Gasteiger partial charge in [0, 0.05) is 12.6 Å². The van der Waals surface area contributed by atoms with E-state index in [0.717, 1.165) is 19.3 Å². The van der Waals surface area contributed by atoms with Gasteiger partial charge in [-0.25, -0.2) is 0 Å². The summed E-state index contributed by atoms with van der Waals surface area (Å²) in [5, 5.41) is 3.23. The number of hydrogen-bond acceptors (Lipinski definition) is 2. The van der Waals surface area contributed by atoms with Crippen LogP contribution in [-0.4, -0.2) is 18.5 Å². The van der Waals surface area contributed by atoms with E-state index >= 15 is 0 Å². The summed E-state index contributed by atoms with van der Waals surface area (Å²) in [5.41, 5.74) is 5.91. The first-order valence-electron chi connectivity index (χ1n) is 7.01. The van der Waals surface area contributed by atoms with Crippen LogP contribution in [0.1, 0.15) is 59.3 Å². The molecule has 2 atom stereocenters. The van der Waals surface area contributed by atoms with Crippen molar-refractivity contribution in [2.24, 2.45) is 17.1 Å². The molecule has 0 spiro atoms. The topological polar surface area (TPSA) is 55.1 Å². The lowest BCUT2D eigenvalue weighted by Gasteiger charge is -2.39. The third-order valence-electron chi connectivity index (χ3n) is 4.12. The number of rotatable bonds is 5. The summed E-state index contributed by atoms with van der Waals surface area (Å²) in [5.74, 6) is 0.159. The van der Waals surface area contributed by atoms with Gasteiger partial charge in [0.15, 0.2) is 0 Å². The molecule has 1 aliphatic rings. The van der Waals surface area contributed by atoms with Crippen LogP contribution in [0, 0.1) is 11.3 Å². The molecule has 0 aromatic carbocycles. The molecule has 1 rings (SSSR count). The third-order valence-corrected chi connectivity index (χ3v) is 4.12. The van der Waals surface area contributed by atoms with Crippen molar-refractivity contribution in [1.82, 2.24) is 5.32 Å². The summed E-state index contributed by atoms with van der Waals surface area (Å²) in [6.07, 6.45) is 6.75. The van der Waals surface area contributed by atoms with Gasteiger partial charge in [-0.1, -0.05) is 40.0 Å². The largest absolute Gasteiger partial charge is 0.353 e. The fourth-order valence-corrected chi connectivity index (χ4v) is 2.76. The number of amides is 1. The highest BCUT2D eigenvalue weighted by Gasteiger charge is 2.34. The monoisotopic (exact) mass is 240 g/mol. The Morgan fingerprint density at radius 3 is 2.71 bits per heavy atom. The van der Waals surface area contributed by atoms with Gasteiger partial charge in [0.25, 0.3) is 0 Å². The molecule has 3 nitrogen and oxygen atoms in total. The number of carbonyl (C=O) groups is 1. The highest BCUT2D eigenvalue weighted by Crippen LogP contribution is 2.35. The smallest absolute Gasteiger partial charge is 0.224 e. The Kier molecular flexibility index (Phi) is 5.44. The minimum Gasteiger partial charge on any atom is -0.353 e. The van der Waals surface area contributed by atoms with Crippen LogP contribution in [0.5, 0.6) is 0 Å². The molecule has 0 saturated heterocycles. The highest BCUT2D eigenvalue weighted by molar-refractivity contribution is 5.79. The molecule has 0 bridgehead atoms. The van der Waals surface area contributed by atoms with E-state index in [-0.39, 0.29) is 17.2 Å². The van der Waals surface area contributed by atoms with Gasteiger partial charge in [-0.2, -0.15) is 0 Å². The van der Waals surface area contributed by atoms with Gasteiger partial charge in [-0.15, -0.1) is 0 Å². The summed E-state index contributed by atoms with van der Waals surface area (Å²) in [7, 11) is 0. The number of nitrogens with one attached hydrogen (secondary N) is 1. The Morgan fingerprint density at radius 2 is 2.18 bits per heavy atom. The first kappa shape index (κ1) is 14.5. The van der Waals surface area contributed by atoms with Crippen molar-refractivity contribution in [1.29, 1.82) is 0 Å². The van der Waals surface area contributed by atoms with E-state index in [9.17, 15) is 4.79 Å². The molecule has 1 saturated carbocycles.